The Bertz CT molecular complexity index is 216. The van der Waals surface area contributed by atoms with Gasteiger partial charge in [-0.1, -0.05) is 19.3 Å². The SMILES string of the molecule is COC1CCN(CC2(CS)CCCCC2)C1. The first-order chi connectivity index (χ1) is 7.78. The first-order valence-electron chi connectivity index (χ1n) is 6.64. The van der Waals surface area contributed by atoms with E-state index in [-0.39, 0.29) is 0 Å². The fourth-order valence-electron chi connectivity index (χ4n) is 3.28. The quantitative estimate of drug-likeness (QED) is 0.762. The van der Waals surface area contributed by atoms with Crippen LogP contribution in [0.25, 0.3) is 0 Å². The van der Waals surface area contributed by atoms with E-state index in [1.807, 2.05) is 7.11 Å². The van der Waals surface area contributed by atoms with E-state index in [1.165, 1.54) is 51.6 Å². The predicted octanol–water partition coefficient (Wildman–Crippen LogP) is 2.59. The van der Waals surface area contributed by atoms with Crippen LogP contribution in [0.3, 0.4) is 0 Å². The van der Waals surface area contributed by atoms with E-state index < -0.39 is 0 Å². The normalized spacial score (nSPS) is 30.8. The van der Waals surface area contributed by atoms with E-state index in [1.54, 1.807) is 0 Å². The number of thiol groups is 1. The van der Waals surface area contributed by atoms with Crippen molar-refractivity contribution in [2.45, 2.75) is 44.6 Å². The molecule has 2 nitrogen and oxygen atoms in total. The van der Waals surface area contributed by atoms with Crippen LogP contribution in [0.15, 0.2) is 0 Å². The predicted molar refractivity (Wildman–Crippen MR) is 71.2 cm³/mol. The van der Waals surface area contributed by atoms with Gasteiger partial charge in [0, 0.05) is 26.7 Å². The van der Waals surface area contributed by atoms with Gasteiger partial charge in [-0.05, 0) is 30.4 Å². The fourth-order valence-corrected chi connectivity index (χ4v) is 3.69. The van der Waals surface area contributed by atoms with Crippen molar-refractivity contribution in [1.29, 1.82) is 0 Å². The maximum absolute atomic E-state index is 5.44. The zero-order valence-electron chi connectivity index (χ0n) is 10.5. The lowest BCUT2D eigenvalue weighted by Gasteiger charge is -2.39. The van der Waals surface area contributed by atoms with E-state index >= 15 is 0 Å². The third kappa shape index (κ3) is 2.93. The Morgan fingerprint density at radius 1 is 1.31 bits per heavy atom. The standard InChI is InChI=1S/C13H25NOS/c1-15-12-5-8-14(9-12)10-13(11-16)6-3-2-4-7-13/h12,16H,2-11H2,1H3. The Morgan fingerprint density at radius 2 is 2.06 bits per heavy atom. The summed E-state index contributed by atoms with van der Waals surface area (Å²) in [6, 6.07) is 0. The van der Waals surface area contributed by atoms with Gasteiger partial charge in [0.1, 0.15) is 0 Å². The van der Waals surface area contributed by atoms with Gasteiger partial charge in [0.2, 0.25) is 0 Å². The topological polar surface area (TPSA) is 12.5 Å². The molecule has 1 saturated heterocycles. The summed E-state index contributed by atoms with van der Waals surface area (Å²) in [6.45, 7) is 3.59. The molecule has 1 unspecified atom stereocenters. The highest BCUT2D eigenvalue weighted by molar-refractivity contribution is 7.80. The van der Waals surface area contributed by atoms with Crippen LogP contribution in [-0.2, 0) is 4.74 Å². The van der Waals surface area contributed by atoms with Crippen molar-refractivity contribution in [3.8, 4) is 0 Å². The average Bonchev–Trinajstić information content (AvgIpc) is 2.78. The Kier molecular flexibility index (Phi) is 4.57. The summed E-state index contributed by atoms with van der Waals surface area (Å²) >= 11 is 4.61. The molecule has 2 rings (SSSR count). The van der Waals surface area contributed by atoms with Crippen molar-refractivity contribution in [3.63, 3.8) is 0 Å². The summed E-state index contributed by atoms with van der Waals surface area (Å²) in [4.78, 5) is 2.59. The van der Waals surface area contributed by atoms with Crippen molar-refractivity contribution < 1.29 is 4.74 Å². The van der Waals surface area contributed by atoms with Gasteiger partial charge in [0.05, 0.1) is 6.10 Å². The molecule has 0 radical (unpaired) electrons. The highest BCUT2D eigenvalue weighted by Crippen LogP contribution is 2.38. The van der Waals surface area contributed by atoms with E-state index in [0.29, 0.717) is 11.5 Å². The van der Waals surface area contributed by atoms with Crippen LogP contribution in [-0.4, -0.2) is 43.5 Å². The third-order valence-electron chi connectivity index (χ3n) is 4.37. The Labute approximate surface area is 105 Å². The number of nitrogens with zero attached hydrogens (tertiary/aromatic N) is 1. The molecule has 3 heteroatoms. The molecule has 0 spiro atoms. The molecule has 0 amide bonds. The Balaban J connectivity index is 1.86. The smallest absolute Gasteiger partial charge is 0.0710 e. The van der Waals surface area contributed by atoms with Crippen LogP contribution in [0.2, 0.25) is 0 Å². The van der Waals surface area contributed by atoms with Gasteiger partial charge in [0.25, 0.3) is 0 Å². The van der Waals surface area contributed by atoms with E-state index in [9.17, 15) is 0 Å². The number of ether oxygens (including phenoxy) is 1. The lowest BCUT2D eigenvalue weighted by atomic mass is 9.75. The number of hydrogen-bond acceptors (Lipinski definition) is 3. The molecular weight excluding hydrogens is 218 g/mol. The second-order valence-electron chi connectivity index (χ2n) is 5.60. The van der Waals surface area contributed by atoms with Crippen LogP contribution in [0.5, 0.6) is 0 Å². The zero-order valence-corrected chi connectivity index (χ0v) is 11.3. The number of hydrogen-bond donors (Lipinski definition) is 1. The third-order valence-corrected chi connectivity index (χ3v) is 5.04. The summed E-state index contributed by atoms with van der Waals surface area (Å²) in [6.07, 6.45) is 8.68. The second-order valence-corrected chi connectivity index (χ2v) is 5.92. The summed E-state index contributed by atoms with van der Waals surface area (Å²) in [5.41, 5.74) is 0.504. The molecule has 1 aliphatic carbocycles. The van der Waals surface area contributed by atoms with Crippen molar-refractivity contribution in [2.24, 2.45) is 5.41 Å². The van der Waals surface area contributed by atoms with Crippen LogP contribution >= 0.6 is 12.6 Å². The molecule has 16 heavy (non-hydrogen) atoms. The molecule has 1 saturated carbocycles. The van der Waals surface area contributed by atoms with E-state index in [2.05, 4.69) is 17.5 Å². The molecule has 1 heterocycles. The maximum atomic E-state index is 5.44. The fraction of sp³-hybridized carbons (Fsp3) is 1.00. The number of methoxy groups -OCH3 is 1. The van der Waals surface area contributed by atoms with E-state index in [0.717, 1.165) is 12.3 Å². The Morgan fingerprint density at radius 3 is 2.62 bits per heavy atom. The summed E-state index contributed by atoms with van der Waals surface area (Å²) in [7, 11) is 1.84. The highest BCUT2D eigenvalue weighted by atomic mass is 32.1. The van der Waals surface area contributed by atoms with Gasteiger partial charge in [-0.3, -0.25) is 0 Å². The Hall–Kier alpha value is 0.270. The van der Waals surface area contributed by atoms with Crippen LogP contribution in [0.4, 0.5) is 0 Å². The second kappa shape index (κ2) is 5.74. The minimum absolute atomic E-state index is 0.473. The highest BCUT2D eigenvalue weighted by Gasteiger charge is 2.34. The minimum Gasteiger partial charge on any atom is -0.380 e. The van der Waals surface area contributed by atoms with Gasteiger partial charge in [-0.15, -0.1) is 0 Å². The first-order valence-corrected chi connectivity index (χ1v) is 7.27. The van der Waals surface area contributed by atoms with Crippen molar-refractivity contribution in [3.05, 3.63) is 0 Å². The molecule has 0 aromatic rings. The minimum atomic E-state index is 0.473. The first kappa shape index (κ1) is 12.7. The molecule has 1 aliphatic heterocycles. The molecule has 2 fully saturated rings. The summed E-state index contributed by atoms with van der Waals surface area (Å²) < 4.78 is 5.44. The van der Waals surface area contributed by atoms with Crippen LogP contribution in [0.1, 0.15) is 38.5 Å². The lowest BCUT2D eigenvalue weighted by molar-refractivity contribution is 0.0922. The molecule has 0 aromatic heterocycles. The van der Waals surface area contributed by atoms with Gasteiger partial charge in [0.15, 0.2) is 0 Å². The van der Waals surface area contributed by atoms with Crippen molar-refractivity contribution in [2.75, 3.05) is 32.5 Å². The van der Waals surface area contributed by atoms with Gasteiger partial charge in [-0.2, -0.15) is 12.6 Å². The number of likely N-dealkylation sites (tertiary alicyclic amines) is 1. The maximum Gasteiger partial charge on any atom is 0.0710 e. The number of rotatable bonds is 4. The van der Waals surface area contributed by atoms with Crippen LogP contribution in [0, 0.1) is 5.41 Å². The zero-order chi connectivity index (χ0) is 11.4. The molecule has 0 N–H and O–H groups in total. The average molecular weight is 243 g/mol. The van der Waals surface area contributed by atoms with Gasteiger partial charge < -0.3 is 9.64 Å². The molecular formula is C13H25NOS. The van der Waals surface area contributed by atoms with Crippen LogP contribution < -0.4 is 0 Å². The molecule has 0 aromatic carbocycles. The molecule has 2 aliphatic rings. The molecule has 0 bridgehead atoms. The lowest BCUT2D eigenvalue weighted by Crippen LogP contribution is -2.40. The molecule has 94 valence electrons. The molecule has 1 atom stereocenters. The van der Waals surface area contributed by atoms with Crippen molar-refractivity contribution in [1.82, 2.24) is 4.90 Å². The van der Waals surface area contributed by atoms with Crippen molar-refractivity contribution >= 4 is 12.6 Å². The van der Waals surface area contributed by atoms with Gasteiger partial charge in [-0.25, -0.2) is 0 Å². The monoisotopic (exact) mass is 243 g/mol. The summed E-state index contributed by atoms with van der Waals surface area (Å²) in [5, 5.41) is 0. The summed E-state index contributed by atoms with van der Waals surface area (Å²) in [5.74, 6) is 1.06. The van der Waals surface area contributed by atoms with Gasteiger partial charge >= 0.3 is 0 Å². The van der Waals surface area contributed by atoms with E-state index in [4.69, 9.17) is 4.74 Å². The largest absolute Gasteiger partial charge is 0.380 e.